The van der Waals surface area contributed by atoms with Crippen LogP contribution in [-0.2, 0) is 14.8 Å². The van der Waals surface area contributed by atoms with Crippen LogP contribution in [0.3, 0.4) is 0 Å². The molecular weight excluding hydrogens is 377 g/mol. The van der Waals surface area contributed by atoms with E-state index in [1.54, 1.807) is 0 Å². The Morgan fingerprint density at radius 1 is 1.04 bits per heavy atom. The number of anilines is 1. The quantitative estimate of drug-likeness (QED) is 0.762. The van der Waals surface area contributed by atoms with Crippen LogP contribution in [-0.4, -0.2) is 27.7 Å². The number of fused-ring (bicyclic) bond motifs is 1. The van der Waals surface area contributed by atoms with E-state index in [-0.39, 0.29) is 17.4 Å². The molecular formula is C15H11F3N2O5S. The molecule has 0 atom stereocenters. The summed E-state index contributed by atoms with van der Waals surface area (Å²) in [5, 5.41) is 1.95. The molecule has 26 heavy (non-hydrogen) atoms. The lowest BCUT2D eigenvalue weighted by Crippen LogP contribution is -2.33. The van der Waals surface area contributed by atoms with E-state index in [0.29, 0.717) is 11.8 Å². The second-order valence-electron chi connectivity index (χ2n) is 5.11. The van der Waals surface area contributed by atoms with E-state index in [1.807, 2.05) is 10.0 Å². The minimum Gasteiger partial charge on any atom is -0.454 e. The molecule has 0 spiro atoms. The summed E-state index contributed by atoms with van der Waals surface area (Å²) in [6.07, 6.45) is 0. The third-order valence-corrected chi connectivity index (χ3v) is 4.79. The minimum absolute atomic E-state index is 0.0333. The van der Waals surface area contributed by atoms with Gasteiger partial charge in [0.25, 0.3) is 0 Å². The van der Waals surface area contributed by atoms with Crippen LogP contribution in [0.2, 0.25) is 0 Å². The number of ether oxygens (including phenoxy) is 2. The largest absolute Gasteiger partial charge is 0.454 e. The molecule has 0 radical (unpaired) electrons. The monoisotopic (exact) mass is 388 g/mol. The molecule has 1 amide bonds. The number of rotatable bonds is 5. The van der Waals surface area contributed by atoms with Crippen molar-refractivity contribution in [1.82, 2.24) is 4.72 Å². The topological polar surface area (TPSA) is 93.7 Å². The Morgan fingerprint density at radius 2 is 1.77 bits per heavy atom. The number of hydrogen-bond donors (Lipinski definition) is 2. The van der Waals surface area contributed by atoms with Crippen molar-refractivity contribution in [1.29, 1.82) is 0 Å². The summed E-state index contributed by atoms with van der Waals surface area (Å²) >= 11 is 0. The van der Waals surface area contributed by atoms with Gasteiger partial charge in [-0.2, -0.15) is 0 Å². The molecule has 0 saturated carbocycles. The van der Waals surface area contributed by atoms with Gasteiger partial charge >= 0.3 is 0 Å². The molecule has 1 heterocycles. The third kappa shape index (κ3) is 3.58. The van der Waals surface area contributed by atoms with Crippen LogP contribution in [0.15, 0.2) is 35.2 Å². The van der Waals surface area contributed by atoms with Crippen molar-refractivity contribution < 1.29 is 35.9 Å². The first kappa shape index (κ1) is 18.0. The molecule has 7 nitrogen and oxygen atoms in total. The van der Waals surface area contributed by atoms with Gasteiger partial charge in [-0.25, -0.2) is 26.3 Å². The number of nitrogens with one attached hydrogen (secondary N) is 2. The van der Waals surface area contributed by atoms with Crippen molar-refractivity contribution in [3.8, 4) is 11.5 Å². The van der Waals surface area contributed by atoms with Crippen molar-refractivity contribution in [2.45, 2.75) is 4.90 Å². The Bertz CT molecular complexity index is 981. The summed E-state index contributed by atoms with van der Waals surface area (Å²) in [7, 11) is -4.07. The molecule has 1 aliphatic heterocycles. The summed E-state index contributed by atoms with van der Waals surface area (Å²) in [6.45, 7) is -0.788. The smallest absolute Gasteiger partial charge is 0.241 e. The Kier molecular flexibility index (Phi) is 4.74. The van der Waals surface area contributed by atoms with Gasteiger partial charge in [0.2, 0.25) is 22.7 Å². The molecule has 2 aromatic rings. The van der Waals surface area contributed by atoms with E-state index in [1.165, 1.54) is 18.2 Å². The Morgan fingerprint density at radius 3 is 2.54 bits per heavy atom. The fourth-order valence-electron chi connectivity index (χ4n) is 2.10. The van der Waals surface area contributed by atoms with E-state index in [2.05, 4.69) is 0 Å². The zero-order valence-corrected chi connectivity index (χ0v) is 13.7. The van der Waals surface area contributed by atoms with E-state index >= 15 is 0 Å². The second-order valence-corrected chi connectivity index (χ2v) is 6.88. The highest BCUT2D eigenvalue weighted by molar-refractivity contribution is 7.89. The van der Waals surface area contributed by atoms with Gasteiger partial charge in [-0.05, 0) is 24.3 Å². The SMILES string of the molecule is O=C(CNS(=O)(=O)c1ccc2c(c1)OCO2)Nc1ccc(F)c(F)c1F. The number of amides is 1. The van der Waals surface area contributed by atoms with Crippen molar-refractivity contribution in [3.05, 3.63) is 47.8 Å². The average Bonchev–Trinajstić information content (AvgIpc) is 3.08. The highest BCUT2D eigenvalue weighted by Crippen LogP contribution is 2.33. The number of hydrogen-bond acceptors (Lipinski definition) is 5. The highest BCUT2D eigenvalue weighted by atomic mass is 32.2. The molecule has 1 aliphatic rings. The number of benzene rings is 2. The van der Waals surface area contributed by atoms with Gasteiger partial charge in [-0.3, -0.25) is 4.79 Å². The molecule has 138 valence electrons. The molecule has 0 saturated heterocycles. The van der Waals surface area contributed by atoms with E-state index in [9.17, 15) is 26.4 Å². The van der Waals surface area contributed by atoms with E-state index < -0.39 is 45.6 Å². The maximum absolute atomic E-state index is 13.5. The van der Waals surface area contributed by atoms with Crippen molar-refractivity contribution in [2.24, 2.45) is 0 Å². The van der Waals surface area contributed by atoms with Crippen LogP contribution in [0.25, 0.3) is 0 Å². The molecule has 0 aromatic heterocycles. The minimum atomic E-state index is -4.07. The first-order chi connectivity index (χ1) is 12.3. The van der Waals surface area contributed by atoms with Crippen LogP contribution in [0.1, 0.15) is 0 Å². The van der Waals surface area contributed by atoms with Crippen molar-refractivity contribution >= 4 is 21.6 Å². The van der Waals surface area contributed by atoms with Crippen molar-refractivity contribution in [3.63, 3.8) is 0 Å². The normalized spacial score (nSPS) is 12.9. The van der Waals surface area contributed by atoms with Crippen molar-refractivity contribution in [2.75, 3.05) is 18.7 Å². The van der Waals surface area contributed by atoms with Gasteiger partial charge in [0.15, 0.2) is 29.0 Å². The predicted octanol–water partition coefficient (Wildman–Crippen LogP) is 1.75. The molecule has 0 aliphatic carbocycles. The second kappa shape index (κ2) is 6.84. The molecule has 0 unspecified atom stereocenters. The zero-order valence-electron chi connectivity index (χ0n) is 12.9. The van der Waals surface area contributed by atoms with Gasteiger partial charge < -0.3 is 14.8 Å². The fourth-order valence-corrected chi connectivity index (χ4v) is 3.10. The number of carbonyl (C=O) groups excluding carboxylic acids is 1. The Hall–Kier alpha value is -2.79. The predicted molar refractivity (Wildman–Crippen MR) is 82.7 cm³/mol. The summed E-state index contributed by atoms with van der Waals surface area (Å²) in [5.74, 6) is -5.10. The van der Waals surface area contributed by atoms with Crippen LogP contribution in [0, 0.1) is 17.5 Å². The van der Waals surface area contributed by atoms with Gasteiger partial charge in [0.1, 0.15) is 0 Å². The molecule has 3 rings (SSSR count). The average molecular weight is 388 g/mol. The molecule has 0 fully saturated rings. The lowest BCUT2D eigenvalue weighted by atomic mass is 10.3. The van der Waals surface area contributed by atoms with Crippen LogP contribution in [0.4, 0.5) is 18.9 Å². The molecule has 2 N–H and O–H groups in total. The standard InChI is InChI=1S/C15H11F3N2O5S/c16-9-2-3-10(15(18)14(9)17)20-13(21)6-19-26(22,23)8-1-4-11-12(5-8)25-7-24-11/h1-5,19H,6-7H2,(H,20,21). The summed E-state index contributed by atoms with van der Waals surface area (Å²) in [4.78, 5) is 11.6. The Labute approximate surface area is 145 Å². The van der Waals surface area contributed by atoms with Crippen LogP contribution in [0.5, 0.6) is 11.5 Å². The Balaban J connectivity index is 1.66. The zero-order chi connectivity index (χ0) is 18.9. The fraction of sp³-hybridized carbons (Fsp3) is 0.133. The lowest BCUT2D eigenvalue weighted by molar-refractivity contribution is -0.115. The number of carbonyl (C=O) groups is 1. The highest BCUT2D eigenvalue weighted by Gasteiger charge is 2.21. The number of sulfonamides is 1. The molecule has 2 aromatic carbocycles. The van der Waals surface area contributed by atoms with Crippen LogP contribution < -0.4 is 19.5 Å². The van der Waals surface area contributed by atoms with E-state index in [0.717, 1.165) is 6.07 Å². The third-order valence-electron chi connectivity index (χ3n) is 3.39. The van der Waals surface area contributed by atoms with Gasteiger partial charge in [-0.1, -0.05) is 0 Å². The maximum Gasteiger partial charge on any atom is 0.241 e. The van der Waals surface area contributed by atoms with Gasteiger partial charge in [-0.15, -0.1) is 0 Å². The first-order valence-electron chi connectivity index (χ1n) is 7.10. The van der Waals surface area contributed by atoms with E-state index in [4.69, 9.17) is 9.47 Å². The van der Waals surface area contributed by atoms with Crippen LogP contribution >= 0.6 is 0 Å². The molecule has 11 heteroatoms. The summed E-state index contributed by atoms with van der Waals surface area (Å²) < 4.78 is 76.0. The van der Waals surface area contributed by atoms with Gasteiger partial charge in [0.05, 0.1) is 17.1 Å². The summed E-state index contributed by atoms with van der Waals surface area (Å²) in [6, 6.07) is 5.32. The lowest BCUT2D eigenvalue weighted by Gasteiger charge is -2.09. The summed E-state index contributed by atoms with van der Waals surface area (Å²) in [5.41, 5.74) is -0.615. The van der Waals surface area contributed by atoms with Gasteiger partial charge in [0, 0.05) is 6.07 Å². The molecule has 0 bridgehead atoms. The first-order valence-corrected chi connectivity index (χ1v) is 8.59. The maximum atomic E-state index is 13.5. The number of halogens is 3.